The summed E-state index contributed by atoms with van der Waals surface area (Å²) in [5.41, 5.74) is 1.09. The molecule has 7 heteroatoms. The van der Waals surface area contributed by atoms with E-state index < -0.39 is 0 Å². The predicted octanol–water partition coefficient (Wildman–Crippen LogP) is 2.39. The summed E-state index contributed by atoms with van der Waals surface area (Å²) in [6.07, 6.45) is 3.49. The van der Waals surface area contributed by atoms with Gasteiger partial charge in [-0.2, -0.15) is 0 Å². The second kappa shape index (κ2) is 6.19. The Morgan fingerprint density at radius 1 is 1.44 bits per heavy atom. The molecule has 2 aromatic rings. The maximum Gasteiger partial charge on any atom is 0.210 e. The van der Waals surface area contributed by atoms with Crippen LogP contribution in [0, 0.1) is 6.92 Å². The zero-order valence-electron chi connectivity index (χ0n) is 10.6. The second-order valence-electron chi connectivity index (χ2n) is 4.02. The van der Waals surface area contributed by atoms with Gasteiger partial charge in [-0.1, -0.05) is 25.1 Å². The lowest BCUT2D eigenvalue weighted by Gasteiger charge is -1.99. The smallest absolute Gasteiger partial charge is 0.210 e. The highest BCUT2D eigenvalue weighted by Crippen LogP contribution is 2.22. The normalized spacial score (nSPS) is 11.0. The number of thiazole rings is 1. The Balaban J connectivity index is 1.90. The van der Waals surface area contributed by atoms with Crippen molar-refractivity contribution in [2.75, 3.05) is 5.84 Å². The zero-order chi connectivity index (χ0) is 13.0. The average molecular weight is 283 g/mol. The number of nitrogen functional groups attached to an aromatic ring is 1. The van der Waals surface area contributed by atoms with Gasteiger partial charge in [-0.15, -0.1) is 21.5 Å². The standard InChI is InChI=1S/C11H17N5S2/c1-3-4-5-10-13-9(6-17-10)7-18-11-15-14-8(2)16(11)12/h6H,3-5,7,12H2,1-2H3. The first-order valence-corrected chi connectivity index (χ1v) is 7.80. The summed E-state index contributed by atoms with van der Waals surface area (Å²) in [5, 5.41) is 12.0. The summed E-state index contributed by atoms with van der Waals surface area (Å²) in [6, 6.07) is 0. The number of unbranched alkanes of at least 4 members (excludes halogenated alkanes) is 1. The van der Waals surface area contributed by atoms with Gasteiger partial charge in [0.05, 0.1) is 10.7 Å². The molecule has 0 fully saturated rings. The summed E-state index contributed by atoms with van der Waals surface area (Å²) < 4.78 is 1.51. The van der Waals surface area contributed by atoms with Crippen LogP contribution in [0.4, 0.5) is 0 Å². The molecule has 2 rings (SSSR count). The van der Waals surface area contributed by atoms with Gasteiger partial charge in [0.25, 0.3) is 0 Å². The number of rotatable bonds is 6. The highest BCUT2D eigenvalue weighted by molar-refractivity contribution is 7.98. The summed E-state index contributed by atoms with van der Waals surface area (Å²) in [4.78, 5) is 4.60. The van der Waals surface area contributed by atoms with Crippen molar-refractivity contribution < 1.29 is 0 Å². The van der Waals surface area contributed by atoms with Gasteiger partial charge in [0.1, 0.15) is 5.82 Å². The van der Waals surface area contributed by atoms with Crippen LogP contribution in [0.15, 0.2) is 10.5 Å². The highest BCUT2D eigenvalue weighted by atomic mass is 32.2. The molecule has 0 spiro atoms. The van der Waals surface area contributed by atoms with Gasteiger partial charge in [0.15, 0.2) is 0 Å². The van der Waals surface area contributed by atoms with E-state index in [0.29, 0.717) is 0 Å². The van der Waals surface area contributed by atoms with E-state index in [-0.39, 0.29) is 0 Å². The Kier molecular flexibility index (Phi) is 4.60. The molecule has 0 saturated heterocycles. The molecule has 0 unspecified atom stereocenters. The average Bonchev–Trinajstić information content (AvgIpc) is 2.94. The van der Waals surface area contributed by atoms with Gasteiger partial charge in [-0.3, -0.25) is 0 Å². The molecule has 0 atom stereocenters. The molecule has 5 nitrogen and oxygen atoms in total. The molecule has 0 aliphatic heterocycles. The van der Waals surface area contributed by atoms with Gasteiger partial charge in [0.2, 0.25) is 5.16 Å². The minimum Gasteiger partial charge on any atom is -0.336 e. The van der Waals surface area contributed by atoms with E-state index in [1.807, 2.05) is 6.92 Å². The minimum atomic E-state index is 0.722. The topological polar surface area (TPSA) is 69.6 Å². The van der Waals surface area contributed by atoms with E-state index in [0.717, 1.165) is 28.8 Å². The van der Waals surface area contributed by atoms with Crippen molar-refractivity contribution in [1.82, 2.24) is 19.9 Å². The summed E-state index contributed by atoms with van der Waals surface area (Å²) >= 11 is 3.30. The van der Waals surface area contributed by atoms with Crippen molar-refractivity contribution in [2.24, 2.45) is 0 Å². The van der Waals surface area contributed by atoms with Crippen molar-refractivity contribution in [1.29, 1.82) is 0 Å². The Labute approximate surface area is 115 Å². The molecule has 0 radical (unpaired) electrons. The summed E-state index contributed by atoms with van der Waals surface area (Å²) in [6.45, 7) is 4.03. The molecule has 18 heavy (non-hydrogen) atoms. The van der Waals surface area contributed by atoms with E-state index in [9.17, 15) is 0 Å². The number of hydrogen-bond acceptors (Lipinski definition) is 6. The van der Waals surface area contributed by atoms with Crippen molar-refractivity contribution >= 4 is 23.1 Å². The molecule has 0 aliphatic carbocycles. The molecule has 2 aromatic heterocycles. The van der Waals surface area contributed by atoms with Crippen LogP contribution < -0.4 is 5.84 Å². The van der Waals surface area contributed by atoms with Gasteiger partial charge < -0.3 is 5.84 Å². The van der Waals surface area contributed by atoms with Crippen LogP contribution in [-0.4, -0.2) is 19.9 Å². The van der Waals surface area contributed by atoms with E-state index in [4.69, 9.17) is 5.84 Å². The maximum absolute atomic E-state index is 5.79. The first-order chi connectivity index (χ1) is 8.70. The van der Waals surface area contributed by atoms with E-state index in [2.05, 4.69) is 27.5 Å². The molecule has 0 aliphatic rings. The number of hydrogen-bond donors (Lipinski definition) is 1. The fourth-order valence-corrected chi connectivity index (χ4v) is 3.19. The van der Waals surface area contributed by atoms with Gasteiger partial charge >= 0.3 is 0 Å². The van der Waals surface area contributed by atoms with Gasteiger partial charge in [-0.05, 0) is 19.8 Å². The van der Waals surface area contributed by atoms with Gasteiger partial charge in [0, 0.05) is 11.1 Å². The SMILES string of the molecule is CCCCc1nc(CSc2nnc(C)n2N)cs1. The van der Waals surface area contributed by atoms with Crippen LogP contribution in [-0.2, 0) is 12.2 Å². The van der Waals surface area contributed by atoms with Crippen LogP contribution in [0.2, 0.25) is 0 Å². The van der Waals surface area contributed by atoms with Crippen LogP contribution in [0.3, 0.4) is 0 Å². The lowest BCUT2D eigenvalue weighted by Crippen LogP contribution is -2.11. The quantitative estimate of drug-likeness (QED) is 0.651. The highest BCUT2D eigenvalue weighted by Gasteiger charge is 2.08. The predicted molar refractivity (Wildman–Crippen MR) is 75.2 cm³/mol. The molecule has 98 valence electrons. The molecule has 0 bridgehead atoms. The maximum atomic E-state index is 5.79. The number of aryl methyl sites for hydroxylation is 2. The largest absolute Gasteiger partial charge is 0.336 e. The molecule has 0 saturated carbocycles. The molecule has 2 N–H and O–H groups in total. The zero-order valence-corrected chi connectivity index (χ0v) is 12.2. The van der Waals surface area contributed by atoms with Crippen molar-refractivity contribution in [3.05, 3.63) is 21.9 Å². The number of nitrogens with zero attached hydrogens (tertiary/aromatic N) is 4. The molecular weight excluding hydrogens is 266 g/mol. The molecule has 0 amide bonds. The Morgan fingerprint density at radius 2 is 2.28 bits per heavy atom. The summed E-state index contributed by atoms with van der Waals surface area (Å²) in [7, 11) is 0. The third-order valence-corrected chi connectivity index (χ3v) is 4.46. The first-order valence-electron chi connectivity index (χ1n) is 5.94. The molecule has 0 aromatic carbocycles. The Bertz CT molecular complexity index is 505. The van der Waals surface area contributed by atoms with Crippen LogP contribution in [0.5, 0.6) is 0 Å². The van der Waals surface area contributed by atoms with Crippen LogP contribution >= 0.6 is 23.1 Å². The van der Waals surface area contributed by atoms with E-state index in [1.165, 1.54) is 22.5 Å². The molecule has 2 heterocycles. The third-order valence-electron chi connectivity index (χ3n) is 2.53. The van der Waals surface area contributed by atoms with Crippen molar-refractivity contribution in [3.63, 3.8) is 0 Å². The fraction of sp³-hybridized carbons (Fsp3) is 0.545. The number of aromatic nitrogens is 4. The molecular formula is C11H17N5S2. The second-order valence-corrected chi connectivity index (χ2v) is 5.91. The third kappa shape index (κ3) is 3.23. The number of thioether (sulfide) groups is 1. The van der Waals surface area contributed by atoms with E-state index >= 15 is 0 Å². The fourth-order valence-electron chi connectivity index (χ4n) is 1.44. The van der Waals surface area contributed by atoms with Crippen LogP contribution in [0.25, 0.3) is 0 Å². The number of nitrogens with two attached hydrogens (primary N) is 1. The van der Waals surface area contributed by atoms with Gasteiger partial charge in [-0.25, -0.2) is 9.66 Å². The monoisotopic (exact) mass is 283 g/mol. The lowest BCUT2D eigenvalue weighted by molar-refractivity contribution is 0.787. The lowest BCUT2D eigenvalue weighted by atomic mass is 10.3. The Hall–Kier alpha value is -1.08. The van der Waals surface area contributed by atoms with Crippen LogP contribution in [0.1, 0.15) is 36.3 Å². The Morgan fingerprint density at radius 3 is 2.94 bits per heavy atom. The summed E-state index contributed by atoms with van der Waals surface area (Å²) in [5.74, 6) is 7.30. The van der Waals surface area contributed by atoms with E-state index in [1.54, 1.807) is 23.1 Å². The first kappa shape index (κ1) is 13.4. The van der Waals surface area contributed by atoms with Crippen molar-refractivity contribution in [3.8, 4) is 0 Å². The van der Waals surface area contributed by atoms with Crippen molar-refractivity contribution in [2.45, 2.75) is 44.0 Å². The minimum absolute atomic E-state index is 0.722.